The lowest BCUT2D eigenvalue weighted by atomic mass is 10.3. The Morgan fingerprint density at radius 3 is 2.56 bits per heavy atom. The first-order valence-corrected chi connectivity index (χ1v) is 4.95. The zero-order valence-electron chi connectivity index (χ0n) is 9.02. The predicted molar refractivity (Wildman–Crippen MR) is 55.3 cm³/mol. The molecule has 0 radical (unpaired) electrons. The lowest BCUT2D eigenvalue weighted by molar-refractivity contribution is -0.141. The molecule has 2 aromatic rings. The normalized spacial score (nSPS) is 11.2. The van der Waals surface area contributed by atoms with E-state index in [9.17, 15) is 13.2 Å². The molecule has 0 atom stereocenters. The molecule has 0 bridgehead atoms. The first kappa shape index (κ1) is 12.1. The molecule has 7 heteroatoms. The summed E-state index contributed by atoms with van der Waals surface area (Å²) in [7, 11) is 0. The van der Waals surface area contributed by atoms with Gasteiger partial charge in [-0.3, -0.25) is 9.67 Å². The highest BCUT2D eigenvalue weighted by Gasteiger charge is 2.33. The molecule has 0 unspecified atom stereocenters. The Morgan fingerprint density at radius 2 is 2.06 bits per heavy atom. The van der Waals surface area contributed by atoms with Gasteiger partial charge in [-0.05, 0) is 18.2 Å². The van der Waals surface area contributed by atoms with Crippen molar-refractivity contribution >= 4 is 0 Å². The second-order valence-corrected chi connectivity index (χ2v) is 3.55. The van der Waals surface area contributed by atoms with Crippen molar-refractivity contribution in [2.75, 3.05) is 0 Å². The predicted octanol–water partition coefficient (Wildman–Crippen LogP) is 2.22. The van der Waals surface area contributed by atoms with Crippen molar-refractivity contribution in [1.82, 2.24) is 14.8 Å². The van der Waals surface area contributed by atoms with Crippen LogP contribution in [-0.2, 0) is 12.7 Å². The molecule has 0 aliphatic heterocycles. The Balaban J connectivity index is 2.14. The van der Waals surface area contributed by atoms with Crippen LogP contribution in [0.5, 0.6) is 0 Å². The molecular formula is C11H7F3N4. The van der Waals surface area contributed by atoms with Gasteiger partial charge >= 0.3 is 6.18 Å². The number of rotatable bonds is 2. The van der Waals surface area contributed by atoms with Crippen molar-refractivity contribution in [3.05, 3.63) is 47.5 Å². The summed E-state index contributed by atoms with van der Waals surface area (Å²) >= 11 is 0. The average Bonchev–Trinajstić information content (AvgIpc) is 2.78. The summed E-state index contributed by atoms with van der Waals surface area (Å²) in [6, 6.07) is 5.94. The Morgan fingerprint density at radius 1 is 1.28 bits per heavy atom. The van der Waals surface area contributed by atoms with Crippen LogP contribution in [0.25, 0.3) is 0 Å². The van der Waals surface area contributed by atoms with Gasteiger partial charge < -0.3 is 0 Å². The van der Waals surface area contributed by atoms with Gasteiger partial charge in [0.05, 0.1) is 17.8 Å². The van der Waals surface area contributed by atoms with E-state index in [1.807, 2.05) is 6.07 Å². The van der Waals surface area contributed by atoms with E-state index in [0.29, 0.717) is 11.3 Å². The summed E-state index contributed by atoms with van der Waals surface area (Å²) in [5.41, 5.74) is -0.00262. The Kier molecular flexibility index (Phi) is 3.02. The lowest BCUT2D eigenvalue weighted by Gasteiger charge is -2.02. The minimum Gasteiger partial charge on any atom is -0.266 e. The van der Waals surface area contributed by atoms with E-state index in [1.165, 1.54) is 12.4 Å². The van der Waals surface area contributed by atoms with E-state index in [1.54, 1.807) is 12.1 Å². The first-order valence-electron chi connectivity index (χ1n) is 4.95. The Hall–Kier alpha value is -2.36. The van der Waals surface area contributed by atoms with Crippen molar-refractivity contribution in [1.29, 1.82) is 5.26 Å². The van der Waals surface area contributed by atoms with E-state index < -0.39 is 11.9 Å². The largest absolute Gasteiger partial charge is 0.435 e. The fraction of sp³-hybridized carbons (Fsp3) is 0.182. The van der Waals surface area contributed by atoms with Crippen LogP contribution in [0.1, 0.15) is 17.0 Å². The molecule has 0 fully saturated rings. The van der Waals surface area contributed by atoms with Crippen molar-refractivity contribution in [3.63, 3.8) is 0 Å². The maximum atomic E-state index is 12.3. The van der Waals surface area contributed by atoms with Crippen molar-refractivity contribution in [3.8, 4) is 6.07 Å². The molecule has 2 aromatic heterocycles. The highest BCUT2D eigenvalue weighted by molar-refractivity contribution is 5.26. The summed E-state index contributed by atoms with van der Waals surface area (Å²) in [6.45, 7) is 0.127. The van der Waals surface area contributed by atoms with Gasteiger partial charge in [-0.2, -0.15) is 23.5 Å². The van der Waals surface area contributed by atoms with E-state index >= 15 is 0 Å². The molecule has 0 aliphatic rings. The topological polar surface area (TPSA) is 54.5 Å². The monoisotopic (exact) mass is 252 g/mol. The Labute approximate surface area is 100 Å². The van der Waals surface area contributed by atoms with E-state index in [-0.39, 0.29) is 6.54 Å². The number of nitriles is 1. The molecule has 0 amide bonds. The maximum Gasteiger partial charge on any atom is 0.435 e. The molecule has 2 rings (SSSR count). The third-order valence-corrected chi connectivity index (χ3v) is 2.21. The lowest BCUT2D eigenvalue weighted by Crippen LogP contribution is -2.09. The molecule has 18 heavy (non-hydrogen) atoms. The molecule has 0 aromatic carbocycles. The third-order valence-electron chi connectivity index (χ3n) is 2.21. The summed E-state index contributed by atoms with van der Waals surface area (Å²) in [5, 5.41) is 12.0. The number of alkyl halides is 3. The van der Waals surface area contributed by atoms with Crippen LogP contribution in [0.15, 0.2) is 30.6 Å². The molecule has 92 valence electrons. The van der Waals surface area contributed by atoms with Gasteiger partial charge in [0.2, 0.25) is 0 Å². The van der Waals surface area contributed by atoms with Crippen LogP contribution in [0, 0.1) is 11.3 Å². The molecule has 0 spiro atoms. The van der Waals surface area contributed by atoms with Gasteiger partial charge in [0.1, 0.15) is 6.07 Å². The van der Waals surface area contributed by atoms with Crippen LogP contribution in [0.2, 0.25) is 0 Å². The fourth-order valence-electron chi connectivity index (χ4n) is 1.35. The second-order valence-electron chi connectivity index (χ2n) is 3.55. The van der Waals surface area contributed by atoms with Gasteiger partial charge in [-0.15, -0.1) is 0 Å². The minimum atomic E-state index is -4.44. The van der Waals surface area contributed by atoms with Crippen LogP contribution in [0.4, 0.5) is 13.2 Å². The minimum absolute atomic E-state index is 0.127. The van der Waals surface area contributed by atoms with Crippen molar-refractivity contribution < 1.29 is 13.2 Å². The maximum absolute atomic E-state index is 12.3. The molecule has 2 heterocycles. The van der Waals surface area contributed by atoms with Gasteiger partial charge in [0, 0.05) is 12.4 Å². The number of aromatic nitrogens is 3. The number of hydrogen-bond acceptors (Lipinski definition) is 3. The smallest absolute Gasteiger partial charge is 0.266 e. The molecule has 0 saturated carbocycles. The fourth-order valence-corrected chi connectivity index (χ4v) is 1.35. The summed E-state index contributed by atoms with van der Waals surface area (Å²) in [4.78, 5) is 3.95. The van der Waals surface area contributed by atoms with Gasteiger partial charge in [0.25, 0.3) is 0 Å². The summed E-state index contributed by atoms with van der Waals surface area (Å²) < 4.78 is 38.1. The third kappa shape index (κ3) is 2.66. The number of nitrogens with zero attached hydrogens (tertiary/aromatic N) is 4. The van der Waals surface area contributed by atoms with Gasteiger partial charge in [-0.25, -0.2) is 0 Å². The second kappa shape index (κ2) is 4.49. The molecule has 0 N–H and O–H groups in total. The Bertz CT molecular complexity index is 578. The van der Waals surface area contributed by atoms with Crippen LogP contribution >= 0.6 is 0 Å². The van der Waals surface area contributed by atoms with Crippen molar-refractivity contribution in [2.45, 2.75) is 12.7 Å². The zero-order valence-corrected chi connectivity index (χ0v) is 9.02. The van der Waals surface area contributed by atoms with Gasteiger partial charge in [0.15, 0.2) is 5.69 Å². The molecular weight excluding hydrogens is 245 g/mol. The van der Waals surface area contributed by atoms with Crippen molar-refractivity contribution in [2.24, 2.45) is 0 Å². The number of pyridine rings is 1. The summed E-state index contributed by atoms with van der Waals surface area (Å²) in [5.74, 6) is 0. The number of halogens is 3. The van der Waals surface area contributed by atoms with E-state index in [0.717, 1.165) is 10.7 Å². The van der Waals surface area contributed by atoms with E-state index in [4.69, 9.17) is 5.26 Å². The van der Waals surface area contributed by atoms with E-state index in [2.05, 4.69) is 10.1 Å². The molecule has 4 nitrogen and oxygen atoms in total. The SMILES string of the molecule is N#Cc1ccc(Cn2ccc(C(F)(F)F)n2)nc1. The molecule has 0 saturated heterocycles. The first-order chi connectivity index (χ1) is 8.49. The van der Waals surface area contributed by atoms with Crippen LogP contribution < -0.4 is 0 Å². The molecule has 0 aliphatic carbocycles. The van der Waals surface area contributed by atoms with Gasteiger partial charge in [-0.1, -0.05) is 0 Å². The van der Waals surface area contributed by atoms with Crippen LogP contribution in [0.3, 0.4) is 0 Å². The standard InChI is InChI=1S/C11H7F3N4/c12-11(13,14)10-3-4-18(17-10)7-9-2-1-8(5-15)6-16-9/h1-4,6H,7H2. The quantitative estimate of drug-likeness (QED) is 0.823. The highest BCUT2D eigenvalue weighted by atomic mass is 19.4. The highest BCUT2D eigenvalue weighted by Crippen LogP contribution is 2.27. The zero-order chi connectivity index (χ0) is 13.2. The average molecular weight is 252 g/mol. The summed E-state index contributed by atoms with van der Waals surface area (Å²) in [6.07, 6.45) is -1.84. The number of hydrogen-bond donors (Lipinski definition) is 0. The van der Waals surface area contributed by atoms with Crippen LogP contribution in [-0.4, -0.2) is 14.8 Å².